The molecule has 0 aromatic heterocycles. The first-order valence-electron chi connectivity index (χ1n) is 8.93. The van der Waals surface area contributed by atoms with Crippen molar-refractivity contribution < 1.29 is 14.5 Å². The second-order valence-electron chi connectivity index (χ2n) is 6.20. The summed E-state index contributed by atoms with van der Waals surface area (Å²) in [6.45, 7) is 1.60. The van der Waals surface area contributed by atoms with Crippen molar-refractivity contribution in [1.29, 1.82) is 0 Å². The summed E-state index contributed by atoms with van der Waals surface area (Å²) >= 11 is 0. The highest BCUT2D eigenvalue weighted by Crippen LogP contribution is 2.22. The molecule has 0 saturated carbocycles. The van der Waals surface area contributed by atoms with Gasteiger partial charge in [0.2, 0.25) is 0 Å². The lowest BCUT2D eigenvalue weighted by atomic mass is 10.1. The summed E-state index contributed by atoms with van der Waals surface area (Å²) in [6, 6.07) is 23.5. The third-order valence-electron chi connectivity index (χ3n) is 4.16. The fourth-order valence-electron chi connectivity index (χ4n) is 2.63. The summed E-state index contributed by atoms with van der Waals surface area (Å²) in [5.41, 5.74) is 4.68. The summed E-state index contributed by atoms with van der Waals surface area (Å²) in [5.74, 6) is 0.0852. The van der Waals surface area contributed by atoms with Crippen molar-refractivity contribution in [2.45, 2.75) is 13.0 Å². The van der Waals surface area contributed by atoms with Crippen molar-refractivity contribution in [3.8, 4) is 16.9 Å². The molecule has 0 saturated heterocycles. The van der Waals surface area contributed by atoms with Crippen LogP contribution in [0.5, 0.6) is 5.75 Å². The van der Waals surface area contributed by atoms with E-state index < -0.39 is 16.9 Å². The third-order valence-corrected chi connectivity index (χ3v) is 4.16. The predicted octanol–water partition coefficient (Wildman–Crippen LogP) is 4.18. The van der Waals surface area contributed by atoms with E-state index in [1.165, 1.54) is 12.3 Å². The number of ether oxygens (including phenoxy) is 1. The van der Waals surface area contributed by atoms with Gasteiger partial charge in [0, 0.05) is 6.07 Å². The minimum Gasteiger partial charge on any atom is -0.481 e. The Hall–Kier alpha value is -4.00. The first kappa shape index (κ1) is 19.8. The van der Waals surface area contributed by atoms with Gasteiger partial charge in [0.15, 0.2) is 6.10 Å². The molecule has 0 aliphatic heterocycles. The maximum absolute atomic E-state index is 12.2. The van der Waals surface area contributed by atoms with Crippen molar-refractivity contribution in [3.63, 3.8) is 0 Å². The molecule has 0 fully saturated rings. The molecule has 0 unspecified atom stereocenters. The average Bonchev–Trinajstić information content (AvgIpc) is 2.75. The van der Waals surface area contributed by atoms with Crippen LogP contribution < -0.4 is 10.2 Å². The molecule has 0 radical (unpaired) electrons. The number of hydrazone groups is 1. The topological polar surface area (TPSA) is 93.8 Å². The molecule has 29 heavy (non-hydrogen) atoms. The number of benzene rings is 3. The van der Waals surface area contributed by atoms with Crippen molar-refractivity contribution in [2.24, 2.45) is 5.10 Å². The second-order valence-corrected chi connectivity index (χ2v) is 6.20. The molecule has 3 aromatic rings. The van der Waals surface area contributed by atoms with Crippen LogP contribution in [0.1, 0.15) is 12.5 Å². The quantitative estimate of drug-likeness (QED) is 0.373. The van der Waals surface area contributed by atoms with Crippen molar-refractivity contribution in [1.82, 2.24) is 5.43 Å². The normalized spacial score (nSPS) is 11.8. The van der Waals surface area contributed by atoms with Crippen molar-refractivity contribution in [2.75, 3.05) is 0 Å². The zero-order valence-electron chi connectivity index (χ0n) is 15.7. The summed E-state index contributed by atoms with van der Waals surface area (Å²) in [7, 11) is 0. The number of hydrogen-bond donors (Lipinski definition) is 1. The molecular formula is C22H19N3O4. The van der Waals surface area contributed by atoms with E-state index in [2.05, 4.69) is 10.5 Å². The van der Waals surface area contributed by atoms with Crippen LogP contribution in [0.3, 0.4) is 0 Å². The summed E-state index contributed by atoms with van der Waals surface area (Å²) < 4.78 is 5.64. The van der Waals surface area contributed by atoms with E-state index in [9.17, 15) is 14.9 Å². The standard InChI is InChI=1S/C22H19N3O4/c1-16(22(26)24-23-15-19-9-5-6-10-21(19)25(27)28)29-20-13-11-18(12-14-20)17-7-3-2-4-8-17/h2-16H,1H3,(H,24,26)/b23-15-/t16-/m0/s1. The Kier molecular flexibility index (Phi) is 6.32. The van der Waals surface area contributed by atoms with Crippen LogP contribution in [0.4, 0.5) is 5.69 Å². The van der Waals surface area contributed by atoms with Gasteiger partial charge in [-0.15, -0.1) is 0 Å². The summed E-state index contributed by atoms with van der Waals surface area (Å²) in [4.78, 5) is 22.6. The van der Waals surface area contributed by atoms with Crippen molar-refractivity contribution >= 4 is 17.8 Å². The van der Waals surface area contributed by atoms with Gasteiger partial charge in [-0.05, 0) is 36.2 Å². The Morgan fingerprint density at radius 1 is 1.00 bits per heavy atom. The molecule has 0 heterocycles. The smallest absolute Gasteiger partial charge is 0.280 e. The van der Waals surface area contributed by atoms with Crippen LogP contribution in [-0.4, -0.2) is 23.1 Å². The first-order chi connectivity index (χ1) is 14.0. The fourth-order valence-corrected chi connectivity index (χ4v) is 2.63. The molecular weight excluding hydrogens is 370 g/mol. The lowest BCUT2D eigenvalue weighted by Gasteiger charge is -2.13. The van der Waals surface area contributed by atoms with Gasteiger partial charge in [-0.3, -0.25) is 14.9 Å². The number of nitrogens with one attached hydrogen (secondary N) is 1. The molecule has 1 N–H and O–H groups in total. The van der Waals surface area contributed by atoms with Crippen LogP contribution in [0.15, 0.2) is 84.0 Å². The van der Waals surface area contributed by atoms with E-state index in [4.69, 9.17) is 4.74 Å². The highest BCUT2D eigenvalue weighted by atomic mass is 16.6. The van der Waals surface area contributed by atoms with Crippen LogP contribution >= 0.6 is 0 Å². The molecule has 3 aromatic carbocycles. The first-order valence-corrected chi connectivity index (χ1v) is 8.93. The molecule has 7 nitrogen and oxygen atoms in total. The number of nitro groups is 1. The van der Waals surface area contributed by atoms with Gasteiger partial charge >= 0.3 is 0 Å². The Morgan fingerprint density at radius 3 is 2.31 bits per heavy atom. The van der Waals surface area contributed by atoms with Gasteiger partial charge < -0.3 is 4.74 Å². The molecule has 0 spiro atoms. The molecule has 0 aliphatic carbocycles. The van der Waals surface area contributed by atoms with E-state index in [1.54, 1.807) is 37.3 Å². The van der Waals surface area contributed by atoms with E-state index >= 15 is 0 Å². The zero-order chi connectivity index (χ0) is 20.6. The van der Waals surface area contributed by atoms with Crippen LogP contribution in [0, 0.1) is 10.1 Å². The lowest BCUT2D eigenvalue weighted by molar-refractivity contribution is -0.385. The minimum absolute atomic E-state index is 0.0895. The largest absolute Gasteiger partial charge is 0.481 e. The van der Waals surface area contributed by atoms with Gasteiger partial charge in [-0.25, -0.2) is 5.43 Å². The average molecular weight is 389 g/mol. The van der Waals surface area contributed by atoms with Crippen LogP contribution in [-0.2, 0) is 4.79 Å². The number of rotatable bonds is 7. The Morgan fingerprint density at radius 2 is 1.62 bits per heavy atom. The predicted molar refractivity (Wildman–Crippen MR) is 111 cm³/mol. The number of carbonyl (C=O) groups excluding carboxylic acids is 1. The minimum atomic E-state index is -0.791. The van der Waals surface area contributed by atoms with E-state index in [0.29, 0.717) is 11.3 Å². The van der Waals surface area contributed by atoms with E-state index in [-0.39, 0.29) is 5.69 Å². The van der Waals surface area contributed by atoms with Gasteiger partial charge in [-0.1, -0.05) is 54.6 Å². The maximum atomic E-state index is 12.2. The van der Waals surface area contributed by atoms with Gasteiger partial charge in [0.25, 0.3) is 11.6 Å². The van der Waals surface area contributed by atoms with Crippen LogP contribution in [0.2, 0.25) is 0 Å². The molecule has 1 atom stereocenters. The monoisotopic (exact) mass is 389 g/mol. The Labute approximate surface area is 167 Å². The van der Waals surface area contributed by atoms with Gasteiger partial charge in [-0.2, -0.15) is 5.10 Å². The van der Waals surface area contributed by atoms with Gasteiger partial charge in [0.05, 0.1) is 16.7 Å². The van der Waals surface area contributed by atoms with Crippen molar-refractivity contribution in [3.05, 3.63) is 94.5 Å². The molecule has 0 aliphatic rings. The molecule has 1 amide bonds. The molecule has 146 valence electrons. The Bertz CT molecular complexity index is 1020. The number of carbonyl (C=O) groups is 1. The summed E-state index contributed by atoms with van der Waals surface area (Å²) in [5, 5.41) is 14.8. The van der Waals surface area contributed by atoms with Crippen LogP contribution in [0.25, 0.3) is 11.1 Å². The molecule has 3 rings (SSSR count). The maximum Gasteiger partial charge on any atom is 0.280 e. The van der Waals surface area contributed by atoms with Gasteiger partial charge in [0.1, 0.15) is 5.75 Å². The van der Waals surface area contributed by atoms with E-state index in [1.807, 2.05) is 42.5 Å². The molecule has 7 heteroatoms. The molecule has 0 bridgehead atoms. The Balaban J connectivity index is 1.58. The number of para-hydroxylation sites is 1. The number of hydrogen-bond acceptors (Lipinski definition) is 5. The number of nitro benzene ring substituents is 1. The van der Waals surface area contributed by atoms with E-state index in [0.717, 1.165) is 11.1 Å². The lowest BCUT2D eigenvalue weighted by Crippen LogP contribution is -2.33. The fraction of sp³-hybridized carbons (Fsp3) is 0.0909. The highest BCUT2D eigenvalue weighted by molar-refractivity contribution is 5.87. The summed E-state index contributed by atoms with van der Waals surface area (Å²) in [6.07, 6.45) is 0.442. The SMILES string of the molecule is C[C@H](Oc1ccc(-c2ccccc2)cc1)C(=O)N/N=C\c1ccccc1[N+](=O)[O-]. The second kappa shape index (κ2) is 9.27. The number of nitrogens with zero attached hydrogens (tertiary/aromatic N) is 2. The number of amides is 1. The highest BCUT2D eigenvalue weighted by Gasteiger charge is 2.15. The third kappa shape index (κ3) is 5.26. The zero-order valence-corrected chi connectivity index (χ0v) is 15.7.